The van der Waals surface area contributed by atoms with Gasteiger partial charge in [0.05, 0.1) is 6.10 Å². The Morgan fingerprint density at radius 2 is 2.00 bits per heavy atom. The van der Waals surface area contributed by atoms with Crippen LogP contribution in [-0.4, -0.2) is 23.4 Å². The zero-order chi connectivity index (χ0) is 17.8. The molecule has 0 aromatic heterocycles. The zero-order valence-corrected chi connectivity index (χ0v) is 14.9. The third-order valence-electron chi connectivity index (χ3n) is 2.38. The van der Waals surface area contributed by atoms with Gasteiger partial charge in [-0.1, -0.05) is 28.1 Å². The largest absolute Gasteiger partial charge is 0.510 e. The Morgan fingerprint density at radius 3 is 2.52 bits per heavy atom. The van der Waals surface area contributed by atoms with Gasteiger partial charge in [-0.05, 0) is 32.9 Å². The Labute approximate surface area is 140 Å². The molecule has 6 nitrogen and oxygen atoms in total. The third kappa shape index (κ3) is 5.24. The fourth-order valence-electron chi connectivity index (χ4n) is 1.45. The third-order valence-corrected chi connectivity index (χ3v) is 4.57. The minimum Gasteiger partial charge on any atom is -0.432 e. The summed E-state index contributed by atoms with van der Waals surface area (Å²) in [6.45, 7) is 4.11. The van der Waals surface area contributed by atoms with E-state index in [0.717, 1.165) is 19.1 Å². The lowest BCUT2D eigenvalue weighted by atomic mass is 10.2. The van der Waals surface area contributed by atoms with Crippen LogP contribution in [0.2, 0.25) is 0 Å². The maximum atomic E-state index is 14.2. The fourth-order valence-corrected chi connectivity index (χ4v) is 3.19. The molecule has 0 aliphatic rings. The van der Waals surface area contributed by atoms with Crippen molar-refractivity contribution >= 4 is 29.7 Å². The monoisotopic (exact) mass is 415 g/mol. The summed E-state index contributed by atoms with van der Waals surface area (Å²) in [5.74, 6) is 0. The van der Waals surface area contributed by atoms with Crippen molar-refractivity contribution in [1.82, 2.24) is 0 Å². The Hall–Kier alpha value is -1.02. The van der Waals surface area contributed by atoms with Crippen LogP contribution in [0.1, 0.15) is 26.3 Å². The highest BCUT2D eigenvalue weighted by molar-refractivity contribution is 9.10. The van der Waals surface area contributed by atoms with Crippen LogP contribution >= 0.6 is 23.5 Å². The van der Waals surface area contributed by atoms with Crippen LogP contribution in [0.5, 0.6) is 0 Å². The summed E-state index contributed by atoms with van der Waals surface area (Å²) in [5.41, 5.74) is -4.97. The van der Waals surface area contributed by atoms with Crippen molar-refractivity contribution in [2.45, 2.75) is 38.8 Å². The number of hydrogen-bond acceptors (Lipinski definition) is 5. The van der Waals surface area contributed by atoms with Gasteiger partial charge in [-0.2, -0.15) is 8.78 Å². The van der Waals surface area contributed by atoms with Gasteiger partial charge in [-0.15, -0.1) is 0 Å². The summed E-state index contributed by atoms with van der Waals surface area (Å²) in [6.07, 6.45) is -3.42. The first-order chi connectivity index (χ1) is 10.5. The molecule has 1 aromatic carbocycles. The van der Waals surface area contributed by atoms with Crippen molar-refractivity contribution in [1.29, 1.82) is 0 Å². The molecule has 129 valence electrons. The number of ether oxygens (including phenoxy) is 2. The van der Waals surface area contributed by atoms with Gasteiger partial charge in [0.2, 0.25) is 6.29 Å². The van der Waals surface area contributed by atoms with E-state index in [1.165, 1.54) is 6.07 Å². The van der Waals surface area contributed by atoms with Gasteiger partial charge in [0.25, 0.3) is 0 Å². The molecule has 0 amide bonds. The highest BCUT2D eigenvalue weighted by Gasteiger charge is 2.54. The zero-order valence-electron chi connectivity index (χ0n) is 12.5. The Morgan fingerprint density at radius 1 is 1.39 bits per heavy atom. The van der Waals surface area contributed by atoms with Crippen LogP contribution in [0.3, 0.4) is 0 Å². The smallest absolute Gasteiger partial charge is 0.432 e. The van der Waals surface area contributed by atoms with E-state index in [-0.39, 0.29) is 4.47 Å². The van der Waals surface area contributed by atoms with E-state index < -0.39 is 37.4 Å². The van der Waals surface area contributed by atoms with E-state index in [4.69, 9.17) is 0 Å². The van der Waals surface area contributed by atoms with Crippen LogP contribution in [0.4, 0.5) is 13.6 Å². The van der Waals surface area contributed by atoms with Gasteiger partial charge in [0.1, 0.15) is 0 Å². The van der Waals surface area contributed by atoms with Crippen molar-refractivity contribution in [2.24, 2.45) is 0 Å². The molecule has 0 aliphatic carbocycles. The number of halogens is 3. The average molecular weight is 416 g/mol. The second-order valence-corrected chi connectivity index (χ2v) is 7.34. The molecule has 2 unspecified atom stereocenters. The first-order valence-corrected chi connectivity index (χ1v) is 8.77. The maximum absolute atomic E-state index is 14.2. The van der Waals surface area contributed by atoms with Gasteiger partial charge in [-0.3, -0.25) is 9.09 Å². The maximum Gasteiger partial charge on any atom is 0.510 e. The lowest BCUT2D eigenvalue weighted by molar-refractivity contribution is -0.0766. The number of benzene rings is 1. The minimum absolute atomic E-state index is 0.115. The van der Waals surface area contributed by atoms with Crippen LogP contribution in [0.25, 0.3) is 0 Å². The predicted molar refractivity (Wildman–Crippen MR) is 79.9 cm³/mol. The molecular weight excluding hydrogens is 401 g/mol. The molecule has 0 fully saturated rings. The summed E-state index contributed by atoms with van der Waals surface area (Å²) >= 11 is 2.85. The minimum atomic E-state index is -5.50. The molecule has 0 heterocycles. The summed E-state index contributed by atoms with van der Waals surface area (Å²) in [4.78, 5) is 20.8. The number of rotatable bonds is 6. The lowest BCUT2D eigenvalue weighted by Gasteiger charge is -2.25. The van der Waals surface area contributed by atoms with Gasteiger partial charge in [0.15, 0.2) is 0 Å². The molecule has 0 spiro atoms. The second kappa shape index (κ2) is 7.70. The molecular formula is C13H15BrF2O6P. The Kier molecular flexibility index (Phi) is 6.70. The average Bonchev–Trinajstić information content (AvgIpc) is 2.36. The molecule has 10 heteroatoms. The molecule has 1 radical (unpaired) electrons. The van der Waals surface area contributed by atoms with Gasteiger partial charge < -0.3 is 14.4 Å². The molecule has 1 aromatic rings. The predicted octanol–water partition coefficient (Wildman–Crippen LogP) is 4.41. The second-order valence-electron chi connectivity index (χ2n) is 4.68. The van der Waals surface area contributed by atoms with E-state index in [1.54, 1.807) is 13.8 Å². The van der Waals surface area contributed by atoms with Crippen LogP contribution in [0.15, 0.2) is 22.7 Å². The van der Waals surface area contributed by atoms with E-state index in [1.807, 2.05) is 0 Å². The summed E-state index contributed by atoms with van der Waals surface area (Å²) in [7, 11) is -5.50. The number of alkyl halides is 2. The fraction of sp³-hybridized carbons (Fsp3) is 0.462. The molecule has 23 heavy (non-hydrogen) atoms. The van der Waals surface area contributed by atoms with Crippen LogP contribution in [-0.2, 0) is 24.2 Å². The summed E-state index contributed by atoms with van der Waals surface area (Å²) < 4.78 is 53.8. The molecule has 0 aliphatic heterocycles. The first-order valence-electron chi connectivity index (χ1n) is 6.40. The van der Waals surface area contributed by atoms with E-state index in [9.17, 15) is 23.0 Å². The molecule has 0 saturated heterocycles. The normalized spacial score (nSPS) is 15.8. The molecule has 2 atom stereocenters. The Bertz CT molecular complexity index is 610. The summed E-state index contributed by atoms with van der Waals surface area (Å²) in [6, 6.07) is 5.79. The lowest BCUT2D eigenvalue weighted by Crippen LogP contribution is -2.24. The highest BCUT2D eigenvalue weighted by Crippen LogP contribution is 2.64. The van der Waals surface area contributed by atoms with E-state index >= 15 is 0 Å². The van der Waals surface area contributed by atoms with Gasteiger partial charge in [-0.25, -0.2) is 4.79 Å². The quantitative estimate of drug-likeness (QED) is 0.421. The molecule has 0 saturated carbocycles. The van der Waals surface area contributed by atoms with E-state index in [2.05, 4.69) is 36.0 Å². The number of hydrogen-bond donors (Lipinski definition) is 1. The topological polar surface area (TPSA) is 82.1 Å². The van der Waals surface area contributed by atoms with Crippen molar-refractivity contribution in [2.75, 3.05) is 0 Å². The highest BCUT2D eigenvalue weighted by atomic mass is 79.9. The van der Waals surface area contributed by atoms with Crippen molar-refractivity contribution in [3.8, 4) is 0 Å². The van der Waals surface area contributed by atoms with Crippen molar-refractivity contribution in [3.63, 3.8) is 0 Å². The number of carbonyl (C=O) groups is 1. The van der Waals surface area contributed by atoms with Gasteiger partial charge in [0, 0.05) is 10.0 Å². The van der Waals surface area contributed by atoms with Crippen LogP contribution in [0, 0.1) is 6.07 Å². The van der Waals surface area contributed by atoms with Gasteiger partial charge >= 0.3 is 19.4 Å². The summed E-state index contributed by atoms with van der Waals surface area (Å²) in [5, 5.41) is 0. The molecule has 1 rings (SSSR count). The Balaban J connectivity index is 2.87. The van der Waals surface area contributed by atoms with Crippen molar-refractivity contribution in [3.05, 3.63) is 34.3 Å². The standard InChI is InChI=1S/C13H15BrF2O6P/c1-8(2)20-12(17)21-9(3)22-23(18,19)13(15,16)10-6-4-5-7-11(10)14/h4,6-9H,1-3H3,(H,18,19). The SMILES string of the molecule is CC(C)OC(=O)OC(C)OP(=O)(O)C(F)(F)c1cc[c]cc1Br. The first kappa shape index (κ1) is 20.0. The number of carbonyl (C=O) groups excluding carboxylic acids is 1. The van der Waals surface area contributed by atoms with E-state index in [0.29, 0.717) is 0 Å². The van der Waals surface area contributed by atoms with Crippen molar-refractivity contribution < 1.29 is 37.0 Å². The molecule has 0 bridgehead atoms. The van der Waals surface area contributed by atoms with Crippen LogP contribution < -0.4 is 0 Å². The molecule has 1 N–H and O–H groups in total.